The van der Waals surface area contributed by atoms with Gasteiger partial charge in [0.1, 0.15) is 0 Å². The summed E-state index contributed by atoms with van der Waals surface area (Å²) in [5.41, 5.74) is 0. The molecule has 0 radical (unpaired) electrons. The predicted octanol–water partition coefficient (Wildman–Crippen LogP) is 0.953. The average molecular weight is 261 g/mol. The van der Waals surface area contributed by atoms with Gasteiger partial charge in [-0.2, -0.15) is 11.8 Å². The van der Waals surface area contributed by atoms with Crippen LogP contribution < -0.4 is 16.0 Å². The molecule has 0 aliphatic rings. The fourth-order valence-electron chi connectivity index (χ4n) is 1.24. The first-order valence-electron chi connectivity index (χ1n) is 5.86. The van der Waals surface area contributed by atoms with Crippen molar-refractivity contribution in [2.75, 3.05) is 25.6 Å². The van der Waals surface area contributed by atoms with Crippen molar-refractivity contribution in [3.63, 3.8) is 0 Å². The summed E-state index contributed by atoms with van der Waals surface area (Å²) >= 11 is 1.85. The highest BCUT2D eigenvalue weighted by atomic mass is 32.2. The number of rotatable bonds is 8. The number of carbonyl (C=O) groups is 2. The molecule has 3 amide bonds. The van der Waals surface area contributed by atoms with E-state index in [0.717, 1.165) is 19.4 Å². The van der Waals surface area contributed by atoms with E-state index in [-0.39, 0.29) is 11.9 Å². The molecule has 0 heterocycles. The molecule has 0 fully saturated rings. The fourth-order valence-corrected chi connectivity index (χ4v) is 1.73. The van der Waals surface area contributed by atoms with E-state index in [1.54, 1.807) is 6.92 Å². The number of thioether (sulfide) groups is 1. The van der Waals surface area contributed by atoms with Crippen LogP contribution in [-0.4, -0.2) is 43.6 Å². The number of carbonyl (C=O) groups excluding carboxylic acids is 2. The van der Waals surface area contributed by atoms with Crippen LogP contribution >= 0.6 is 11.8 Å². The van der Waals surface area contributed by atoms with Crippen molar-refractivity contribution in [3.05, 3.63) is 0 Å². The smallest absolute Gasteiger partial charge is 0.321 e. The van der Waals surface area contributed by atoms with Gasteiger partial charge >= 0.3 is 6.03 Å². The van der Waals surface area contributed by atoms with Crippen molar-refractivity contribution in [2.24, 2.45) is 0 Å². The van der Waals surface area contributed by atoms with Crippen LogP contribution in [0.2, 0.25) is 0 Å². The Morgan fingerprint density at radius 2 is 1.94 bits per heavy atom. The molecule has 3 N–H and O–H groups in total. The zero-order chi connectivity index (χ0) is 13.1. The lowest BCUT2D eigenvalue weighted by molar-refractivity contribution is -0.121. The lowest BCUT2D eigenvalue weighted by Crippen LogP contribution is -2.47. The highest BCUT2D eigenvalue weighted by Gasteiger charge is 2.13. The van der Waals surface area contributed by atoms with E-state index in [1.807, 2.05) is 11.8 Å². The zero-order valence-electron chi connectivity index (χ0n) is 10.8. The topological polar surface area (TPSA) is 70.2 Å². The molecule has 6 heteroatoms. The molecule has 1 atom stereocenters. The highest BCUT2D eigenvalue weighted by molar-refractivity contribution is 7.98. The second kappa shape index (κ2) is 10.4. The summed E-state index contributed by atoms with van der Waals surface area (Å²) in [6.45, 7) is 2.55. The molecular formula is C11H23N3O2S. The van der Waals surface area contributed by atoms with Crippen LogP contribution in [0.1, 0.15) is 26.2 Å². The monoisotopic (exact) mass is 261 g/mol. The van der Waals surface area contributed by atoms with Crippen LogP contribution in [0, 0.1) is 0 Å². The maximum atomic E-state index is 11.4. The molecule has 0 saturated heterocycles. The minimum Gasteiger partial charge on any atom is -0.341 e. The molecule has 0 aromatic carbocycles. The summed E-state index contributed by atoms with van der Waals surface area (Å²) in [4.78, 5) is 22.3. The van der Waals surface area contributed by atoms with Crippen LogP contribution in [0.5, 0.6) is 0 Å². The number of hydrogen-bond donors (Lipinski definition) is 3. The Labute approximate surface area is 107 Å². The third-order valence-electron chi connectivity index (χ3n) is 2.33. The summed E-state index contributed by atoms with van der Waals surface area (Å²) in [5, 5.41) is 7.67. The standard InChI is InChI=1S/C11H23N3O2S/c1-9(10(15)14-11(16)12-2)13-7-5-4-6-8-17-3/h9,13H,4-8H2,1-3H3,(H2,12,14,15,16). The minimum absolute atomic E-state index is 0.298. The van der Waals surface area contributed by atoms with Crippen molar-refractivity contribution in [2.45, 2.75) is 32.2 Å². The molecule has 0 saturated carbocycles. The van der Waals surface area contributed by atoms with Crippen LogP contribution in [0.4, 0.5) is 4.79 Å². The molecule has 0 aliphatic heterocycles. The van der Waals surface area contributed by atoms with Crippen LogP contribution in [0.3, 0.4) is 0 Å². The van der Waals surface area contributed by atoms with Gasteiger partial charge < -0.3 is 10.6 Å². The van der Waals surface area contributed by atoms with Gasteiger partial charge in [0.25, 0.3) is 0 Å². The summed E-state index contributed by atoms with van der Waals surface area (Å²) < 4.78 is 0. The number of urea groups is 1. The predicted molar refractivity (Wildman–Crippen MR) is 72.3 cm³/mol. The molecule has 17 heavy (non-hydrogen) atoms. The number of unbranched alkanes of at least 4 members (excludes halogenated alkanes) is 2. The molecule has 5 nitrogen and oxygen atoms in total. The zero-order valence-corrected chi connectivity index (χ0v) is 11.7. The van der Waals surface area contributed by atoms with Gasteiger partial charge in [-0.05, 0) is 38.3 Å². The number of hydrogen-bond acceptors (Lipinski definition) is 4. The Kier molecular flexibility index (Phi) is 9.95. The molecule has 0 aliphatic carbocycles. The second-order valence-corrected chi connectivity index (χ2v) is 4.78. The minimum atomic E-state index is -0.469. The van der Waals surface area contributed by atoms with Gasteiger partial charge in [0.2, 0.25) is 5.91 Å². The molecule has 0 spiro atoms. The molecule has 0 rings (SSSR count). The van der Waals surface area contributed by atoms with Gasteiger partial charge in [-0.25, -0.2) is 4.79 Å². The summed E-state index contributed by atoms with van der Waals surface area (Å²) in [6, 6.07) is -0.809. The third kappa shape index (κ3) is 9.00. The Bertz CT molecular complexity index is 237. The molecule has 100 valence electrons. The number of nitrogens with one attached hydrogen (secondary N) is 3. The van der Waals surface area contributed by atoms with Gasteiger partial charge in [-0.15, -0.1) is 0 Å². The number of amides is 3. The Morgan fingerprint density at radius 1 is 1.24 bits per heavy atom. The van der Waals surface area contributed by atoms with Gasteiger partial charge in [-0.3, -0.25) is 10.1 Å². The lowest BCUT2D eigenvalue weighted by Gasteiger charge is -2.12. The first kappa shape index (κ1) is 16.2. The SMILES string of the molecule is CNC(=O)NC(=O)C(C)NCCCCCSC. The van der Waals surface area contributed by atoms with E-state index < -0.39 is 6.03 Å². The Balaban J connectivity index is 3.54. The first-order chi connectivity index (χ1) is 8.11. The van der Waals surface area contributed by atoms with Gasteiger partial charge in [-0.1, -0.05) is 6.42 Å². The maximum absolute atomic E-state index is 11.4. The Hall–Kier alpha value is -0.750. The van der Waals surface area contributed by atoms with Crippen molar-refractivity contribution in [1.29, 1.82) is 0 Å². The summed E-state index contributed by atoms with van der Waals surface area (Å²) in [5.74, 6) is 0.889. The molecule has 0 aromatic heterocycles. The average Bonchev–Trinajstić information content (AvgIpc) is 2.32. The van der Waals surface area contributed by atoms with Crippen LogP contribution in [-0.2, 0) is 4.79 Å². The van der Waals surface area contributed by atoms with E-state index in [0.29, 0.717) is 0 Å². The van der Waals surface area contributed by atoms with Crippen LogP contribution in [0.15, 0.2) is 0 Å². The van der Waals surface area contributed by atoms with E-state index >= 15 is 0 Å². The third-order valence-corrected chi connectivity index (χ3v) is 3.03. The molecule has 1 unspecified atom stereocenters. The lowest BCUT2D eigenvalue weighted by atomic mass is 10.2. The summed E-state index contributed by atoms with van der Waals surface area (Å²) in [6.07, 6.45) is 5.53. The quantitative estimate of drug-likeness (QED) is 0.569. The van der Waals surface area contributed by atoms with Gasteiger partial charge in [0.05, 0.1) is 6.04 Å². The van der Waals surface area contributed by atoms with E-state index in [2.05, 4.69) is 22.2 Å². The van der Waals surface area contributed by atoms with Crippen molar-refractivity contribution in [3.8, 4) is 0 Å². The van der Waals surface area contributed by atoms with Crippen molar-refractivity contribution < 1.29 is 9.59 Å². The number of imide groups is 1. The second-order valence-electron chi connectivity index (χ2n) is 3.80. The normalized spacial score (nSPS) is 11.9. The molecular weight excluding hydrogens is 238 g/mol. The highest BCUT2D eigenvalue weighted by Crippen LogP contribution is 2.01. The molecule has 0 aromatic rings. The first-order valence-corrected chi connectivity index (χ1v) is 7.26. The summed E-state index contributed by atoms with van der Waals surface area (Å²) in [7, 11) is 1.48. The molecule has 0 bridgehead atoms. The largest absolute Gasteiger partial charge is 0.341 e. The van der Waals surface area contributed by atoms with Crippen molar-refractivity contribution in [1.82, 2.24) is 16.0 Å². The van der Waals surface area contributed by atoms with E-state index in [1.165, 1.54) is 19.2 Å². The van der Waals surface area contributed by atoms with E-state index in [4.69, 9.17) is 0 Å². The van der Waals surface area contributed by atoms with Crippen LogP contribution in [0.25, 0.3) is 0 Å². The maximum Gasteiger partial charge on any atom is 0.321 e. The van der Waals surface area contributed by atoms with Crippen molar-refractivity contribution >= 4 is 23.7 Å². The van der Waals surface area contributed by atoms with Gasteiger partial charge in [0.15, 0.2) is 0 Å². The van der Waals surface area contributed by atoms with Gasteiger partial charge in [0, 0.05) is 7.05 Å². The fraction of sp³-hybridized carbons (Fsp3) is 0.818. The Morgan fingerprint density at radius 3 is 2.53 bits per heavy atom. The van der Waals surface area contributed by atoms with E-state index in [9.17, 15) is 9.59 Å².